The zero-order chi connectivity index (χ0) is 18.3. The lowest BCUT2D eigenvalue weighted by atomic mass is 10.0. The maximum absolute atomic E-state index is 6.13. The lowest BCUT2D eigenvalue weighted by Gasteiger charge is -2.16. The fourth-order valence-electron chi connectivity index (χ4n) is 2.47. The van der Waals surface area contributed by atoms with Gasteiger partial charge in [0.05, 0.1) is 11.4 Å². The molecule has 136 valence electrons. The zero-order valence-corrected chi connectivity index (χ0v) is 16.5. The first kappa shape index (κ1) is 19.3. The molecule has 0 aliphatic heterocycles. The van der Waals surface area contributed by atoms with Gasteiger partial charge in [-0.1, -0.05) is 50.0 Å². The van der Waals surface area contributed by atoms with E-state index in [1.54, 1.807) is 6.07 Å². The van der Waals surface area contributed by atoms with E-state index in [-0.39, 0.29) is 6.79 Å². The van der Waals surface area contributed by atoms with Gasteiger partial charge in [-0.2, -0.15) is 0 Å². The Labute approximate surface area is 152 Å². The van der Waals surface area contributed by atoms with Gasteiger partial charge < -0.3 is 20.9 Å². The Morgan fingerprint density at radius 1 is 0.960 bits per heavy atom. The molecule has 0 aliphatic carbocycles. The number of aryl methyl sites for hydroxylation is 2. The van der Waals surface area contributed by atoms with E-state index >= 15 is 0 Å². The molecule has 0 heterocycles. The first-order valence-electron chi connectivity index (χ1n) is 8.77. The Hall–Kier alpha value is -1.98. The van der Waals surface area contributed by atoms with Crippen LogP contribution in [0.15, 0.2) is 42.5 Å². The summed E-state index contributed by atoms with van der Waals surface area (Å²) in [7, 11) is -1.07. The van der Waals surface area contributed by atoms with Gasteiger partial charge in [0.25, 0.3) is 0 Å². The number of rotatable bonds is 9. The minimum Gasteiger partial charge on any atom is -0.467 e. The summed E-state index contributed by atoms with van der Waals surface area (Å²) in [4.78, 5) is 0. The van der Waals surface area contributed by atoms with Crippen molar-refractivity contribution in [1.29, 1.82) is 0 Å². The second kappa shape index (κ2) is 8.92. The first-order valence-corrected chi connectivity index (χ1v) is 12.5. The Kier molecular flexibility index (Phi) is 6.90. The summed E-state index contributed by atoms with van der Waals surface area (Å²) in [5.74, 6) is 0.711. The summed E-state index contributed by atoms with van der Waals surface area (Å²) < 4.78 is 11.3. The maximum Gasteiger partial charge on any atom is 0.189 e. The van der Waals surface area contributed by atoms with Crippen molar-refractivity contribution in [2.75, 3.05) is 24.9 Å². The molecule has 0 aromatic heterocycles. The molecule has 0 atom stereocenters. The van der Waals surface area contributed by atoms with Crippen molar-refractivity contribution in [3.05, 3.63) is 53.6 Å². The normalized spacial score (nSPS) is 11.5. The summed E-state index contributed by atoms with van der Waals surface area (Å²) in [6.07, 6.45) is 1.74. The third kappa shape index (κ3) is 6.80. The van der Waals surface area contributed by atoms with Crippen LogP contribution in [0.25, 0.3) is 0 Å². The minimum absolute atomic E-state index is 0.242. The Balaban J connectivity index is 1.90. The number of hydrogen-bond acceptors (Lipinski definition) is 4. The van der Waals surface area contributed by atoms with E-state index < -0.39 is 8.07 Å². The zero-order valence-electron chi connectivity index (χ0n) is 15.5. The van der Waals surface area contributed by atoms with E-state index in [2.05, 4.69) is 31.8 Å². The molecule has 0 spiro atoms. The van der Waals surface area contributed by atoms with Crippen molar-refractivity contribution in [3.8, 4) is 5.75 Å². The summed E-state index contributed by atoms with van der Waals surface area (Å²) in [6.45, 7) is 7.97. The average molecular weight is 359 g/mol. The third-order valence-electron chi connectivity index (χ3n) is 4.10. The summed E-state index contributed by atoms with van der Waals surface area (Å²) in [6, 6.07) is 15.2. The Bertz CT molecular complexity index is 669. The molecule has 25 heavy (non-hydrogen) atoms. The number of hydrogen-bond donors (Lipinski definition) is 2. The lowest BCUT2D eigenvalue weighted by Crippen LogP contribution is -2.22. The van der Waals surface area contributed by atoms with Gasteiger partial charge in [-0.25, -0.2) is 0 Å². The highest BCUT2D eigenvalue weighted by Crippen LogP contribution is 2.28. The monoisotopic (exact) mass is 358 g/mol. The highest BCUT2D eigenvalue weighted by Gasteiger charge is 2.12. The van der Waals surface area contributed by atoms with Crippen molar-refractivity contribution in [3.63, 3.8) is 0 Å². The summed E-state index contributed by atoms with van der Waals surface area (Å²) in [5.41, 5.74) is 15.7. The number of nitrogens with two attached hydrogens (primary N) is 2. The number of benzene rings is 2. The van der Waals surface area contributed by atoms with Crippen LogP contribution in [-0.2, 0) is 17.6 Å². The predicted octanol–water partition coefficient (Wildman–Crippen LogP) is 4.33. The molecule has 0 amide bonds. The van der Waals surface area contributed by atoms with Gasteiger partial charge in [-0.3, -0.25) is 0 Å². The minimum atomic E-state index is -1.07. The molecular weight excluding hydrogens is 328 g/mol. The molecule has 0 saturated carbocycles. The Morgan fingerprint density at radius 3 is 2.36 bits per heavy atom. The lowest BCUT2D eigenvalue weighted by molar-refractivity contribution is 0.0220. The topological polar surface area (TPSA) is 70.5 Å². The molecule has 2 aromatic rings. The molecule has 2 rings (SSSR count). The van der Waals surface area contributed by atoms with Gasteiger partial charge in [0.1, 0.15) is 5.75 Å². The van der Waals surface area contributed by atoms with E-state index in [0.717, 1.165) is 31.1 Å². The standard InChI is InChI=1S/C20H30N2O2Si/c1-25(2,3)12-11-23-15-24-18-13-17(20(22)19(21)14-18)10-9-16-7-5-4-6-8-16/h4-8,13-14H,9-12,15,21-22H2,1-3H3. The molecule has 0 bridgehead atoms. The molecule has 0 radical (unpaired) electrons. The van der Waals surface area contributed by atoms with Crippen molar-refractivity contribution in [2.24, 2.45) is 0 Å². The van der Waals surface area contributed by atoms with E-state index in [4.69, 9.17) is 20.9 Å². The molecule has 0 aliphatic rings. The van der Waals surface area contributed by atoms with Gasteiger partial charge in [0.2, 0.25) is 0 Å². The largest absolute Gasteiger partial charge is 0.467 e. The van der Waals surface area contributed by atoms with Crippen molar-refractivity contribution in [2.45, 2.75) is 38.5 Å². The highest BCUT2D eigenvalue weighted by atomic mass is 28.3. The second-order valence-corrected chi connectivity index (χ2v) is 13.2. The smallest absolute Gasteiger partial charge is 0.189 e. The van der Waals surface area contributed by atoms with Crippen molar-refractivity contribution < 1.29 is 9.47 Å². The van der Waals surface area contributed by atoms with Gasteiger partial charge in [-0.05, 0) is 36.1 Å². The summed E-state index contributed by atoms with van der Waals surface area (Å²) >= 11 is 0. The van der Waals surface area contributed by atoms with Gasteiger partial charge in [0, 0.05) is 20.7 Å². The van der Waals surface area contributed by atoms with Crippen LogP contribution in [-0.4, -0.2) is 21.5 Å². The van der Waals surface area contributed by atoms with E-state index in [0.29, 0.717) is 17.1 Å². The fourth-order valence-corrected chi connectivity index (χ4v) is 3.23. The summed E-state index contributed by atoms with van der Waals surface area (Å²) in [5, 5.41) is 0. The van der Waals surface area contributed by atoms with E-state index in [1.807, 2.05) is 24.3 Å². The number of nitrogen functional groups attached to an aromatic ring is 2. The second-order valence-electron chi connectivity index (χ2n) is 7.55. The van der Waals surface area contributed by atoms with Crippen molar-refractivity contribution in [1.82, 2.24) is 0 Å². The third-order valence-corrected chi connectivity index (χ3v) is 5.81. The maximum atomic E-state index is 6.13. The highest BCUT2D eigenvalue weighted by molar-refractivity contribution is 6.76. The van der Waals surface area contributed by atoms with Crippen LogP contribution in [0.3, 0.4) is 0 Å². The molecule has 0 unspecified atom stereocenters. The quantitative estimate of drug-likeness (QED) is 0.303. The van der Waals surface area contributed by atoms with Crippen LogP contribution >= 0.6 is 0 Å². The first-order chi connectivity index (χ1) is 11.8. The van der Waals surface area contributed by atoms with Crippen LogP contribution in [0, 0.1) is 0 Å². The predicted molar refractivity (Wildman–Crippen MR) is 109 cm³/mol. The fraction of sp³-hybridized carbons (Fsp3) is 0.400. The van der Waals surface area contributed by atoms with Crippen LogP contribution in [0.1, 0.15) is 11.1 Å². The Morgan fingerprint density at radius 2 is 1.68 bits per heavy atom. The van der Waals surface area contributed by atoms with Crippen LogP contribution < -0.4 is 16.2 Å². The van der Waals surface area contributed by atoms with Crippen LogP contribution in [0.5, 0.6) is 5.75 Å². The average Bonchev–Trinajstić information content (AvgIpc) is 2.56. The van der Waals surface area contributed by atoms with Gasteiger partial charge in [-0.15, -0.1) is 0 Å². The van der Waals surface area contributed by atoms with Crippen LogP contribution in [0.4, 0.5) is 11.4 Å². The van der Waals surface area contributed by atoms with Gasteiger partial charge in [0.15, 0.2) is 6.79 Å². The molecule has 4 N–H and O–H groups in total. The van der Waals surface area contributed by atoms with Gasteiger partial charge >= 0.3 is 0 Å². The molecule has 0 fully saturated rings. The van der Waals surface area contributed by atoms with E-state index in [1.165, 1.54) is 5.56 Å². The number of ether oxygens (including phenoxy) is 2. The molecule has 5 heteroatoms. The molecule has 2 aromatic carbocycles. The molecular formula is C20H30N2O2Si. The van der Waals surface area contributed by atoms with E-state index in [9.17, 15) is 0 Å². The molecule has 4 nitrogen and oxygen atoms in total. The SMILES string of the molecule is C[Si](C)(C)CCOCOc1cc(N)c(N)c(CCc2ccccc2)c1. The number of anilines is 2. The molecule has 0 saturated heterocycles. The van der Waals surface area contributed by atoms with Crippen molar-refractivity contribution >= 4 is 19.4 Å². The van der Waals surface area contributed by atoms with Crippen LogP contribution in [0.2, 0.25) is 25.7 Å².